The van der Waals surface area contributed by atoms with Crippen molar-refractivity contribution in [2.24, 2.45) is 0 Å². The van der Waals surface area contributed by atoms with E-state index in [2.05, 4.69) is 18.6 Å². The first-order valence-electron chi connectivity index (χ1n) is 21.6. The van der Waals surface area contributed by atoms with Gasteiger partial charge >= 0.3 is 11.9 Å². The number of carbonyl (C=O) groups is 3. The molecule has 1 heterocycles. The van der Waals surface area contributed by atoms with Crippen LogP contribution in [0.2, 0.25) is 0 Å². The summed E-state index contributed by atoms with van der Waals surface area (Å²) in [5, 5.41) is 30.9. The van der Waals surface area contributed by atoms with Crippen LogP contribution in [0.1, 0.15) is 194 Å². The zero-order valence-corrected chi connectivity index (χ0v) is 33.6. The Balaban J connectivity index is 2.42. The summed E-state index contributed by atoms with van der Waals surface area (Å²) in [6.45, 7) is 3.79. The molecule has 312 valence electrons. The largest absolute Gasteiger partial charge is 0.465 e. The fourth-order valence-corrected chi connectivity index (χ4v) is 6.72. The minimum absolute atomic E-state index is 0.183. The summed E-state index contributed by atoms with van der Waals surface area (Å²) in [7, 11) is 0. The highest BCUT2D eigenvalue weighted by Crippen LogP contribution is 2.23. The highest BCUT2D eigenvalue weighted by atomic mass is 16.7. The van der Waals surface area contributed by atoms with E-state index in [4.69, 9.17) is 18.9 Å². The lowest BCUT2D eigenvalue weighted by Crippen LogP contribution is -2.59. The van der Waals surface area contributed by atoms with Crippen LogP contribution in [0.5, 0.6) is 0 Å². The van der Waals surface area contributed by atoms with E-state index in [0.29, 0.717) is 6.42 Å². The highest BCUT2D eigenvalue weighted by Gasteiger charge is 2.45. The summed E-state index contributed by atoms with van der Waals surface area (Å²) in [6.07, 6.45) is 23.5. The first-order chi connectivity index (χ1) is 25.8. The minimum atomic E-state index is -1.62. The summed E-state index contributed by atoms with van der Waals surface area (Å²) in [6, 6.07) is 0. The van der Waals surface area contributed by atoms with Crippen molar-refractivity contribution in [3.05, 3.63) is 0 Å². The molecule has 53 heavy (non-hydrogen) atoms. The van der Waals surface area contributed by atoms with Gasteiger partial charge in [-0.05, 0) is 12.8 Å². The third-order valence-corrected chi connectivity index (χ3v) is 10.1. The summed E-state index contributed by atoms with van der Waals surface area (Å²) in [4.78, 5) is 36.0. The smallest absolute Gasteiger partial charge is 0.306 e. The Kier molecular flexibility index (Phi) is 32.2. The Labute approximate surface area is 321 Å². The monoisotopic (exact) mass is 759 g/mol. The number of aliphatic hydroxyl groups is 3. The molecule has 0 unspecified atom stereocenters. The van der Waals surface area contributed by atoms with E-state index in [1.807, 2.05) is 0 Å². The highest BCUT2D eigenvalue weighted by molar-refractivity contribution is 5.70. The molecule has 0 radical (unpaired) electrons. The number of ether oxygens (including phenoxy) is 5. The molecule has 1 aliphatic rings. The number of hydrogen-bond donors (Lipinski definition) is 3. The molecular weight excluding hydrogens is 680 g/mol. The molecule has 0 spiro atoms. The molecule has 0 saturated carbocycles. The quantitative estimate of drug-likeness (QED) is 0.0242. The van der Waals surface area contributed by atoms with Crippen LogP contribution in [0.25, 0.3) is 0 Å². The predicted molar refractivity (Wildman–Crippen MR) is 206 cm³/mol. The molecule has 1 fully saturated rings. The topological polar surface area (TPSA) is 158 Å². The molecule has 0 bridgehead atoms. The summed E-state index contributed by atoms with van der Waals surface area (Å²) >= 11 is 0. The van der Waals surface area contributed by atoms with Gasteiger partial charge in [0.15, 0.2) is 12.4 Å². The molecule has 0 aromatic rings. The van der Waals surface area contributed by atoms with E-state index < -0.39 is 42.8 Å². The maximum Gasteiger partial charge on any atom is 0.306 e. The lowest BCUT2D eigenvalue weighted by atomic mass is 9.99. The van der Waals surface area contributed by atoms with E-state index in [1.165, 1.54) is 122 Å². The molecule has 0 aromatic heterocycles. The maximum absolute atomic E-state index is 12.8. The zero-order valence-electron chi connectivity index (χ0n) is 33.6. The SMILES string of the molecule is CCCCCCCCCCCCCCCC(=O)OC[C@H](CO[C@@H]1O[C@H](COC=O)[C@H](O)[C@H](O)[C@H]1O)OC(=O)CCCCCCCCCCCCCCC. The van der Waals surface area contributed by atoms with Crippen LogP contribution in [-0.2, 0) is 38.1 Å². The van der Waals surface area contributed by atoms with Crippen molar-refractivity contribution in [3.8, 4) is 0 Å². The van der Waals surface area contributed by atoms with Crippen LogP contribution in [0, 0.1) is 0 Å². The fourth-order valence-electron chi connectivity index (χ4n) is 6.72. The normalized spacial score (nSPS) is 20.6. The molecule has 0 aliphatic carbocycles. The van der Waals surface area contributed by atoms with Gasteiger partial charge in [-0.15, -0.1) is 0 Å². The first-order valence-corrected chi connectivity index (χ1v) is 21.6. The Morgan fingerprint density at radius 1 is 0.566 bits per heavy atom. The molecule has 0 aromatic carbocycles. The van der Waals surface area contributed by atoms with Crippen molar-refractivity contribution in [1.82, 2.24) is 0 Å². The van der Waals surface area contributed by atoms with Crippen LogP contribution < -0.4 is 0 Å². The number of hydrogen-bond acceptors (Lipinski definition) is 11. The molecule has 6 atom stereocenters. The van der Waals surface area contributed by atoms with E-state index in [1.54, 1.807) is 0 Å². The lowest BCUT2D eigenvalue weighted by Gasteiger charge is -2.40. The standard InChI is InChI=1S/C42H78O11/c1-3-5-7-9-11-13-15-17-19-21-23-25-27-29-37(44)50-31-35(32-51-42-41(48)40(47)39(46)36(53-42)33-49-34-43)52-38(45)30-28-26-24-22-20-18-16-14-12-10-8-6-4-2/h34-36,39-42,46-48H,3-33H2,1-2H3/t35-,36-,39+,40+,41-,42-/m1/s1. The molecule has 1 aliphatic heterocycles. The second-order valence-corrected chi connectivity index (χ2v) is 15.1. The number of aliphatic hydroxyl groups excluding tert-OH is 3. The van der Waals surface area contributed by atoms with Gasteiger partial charge in [-0.25, -0.2) is 0 Å². The van der Waals surface area contributed by atoms with Gasteiger partial charge in [0.1, 0.15) is 37.6 Å². The second kappa shape index (κ2) is 34.7. The van der Waals surface area contributed by atoms with Crippen molar-refractivity contribution >= 4 is 18.4 Å². The van der Waals surface area contributed by atoms with Crippen molar-refractivity contribution in [1.29, 1.82) is 0 Å². The van der Waals surface area contributed by atoms with Gasteiger partial charge in [-0.3, -0.25) is 14.4 Å². The summed E-state index contributed by atoms with van der Waals surface area (Å²) in [5.41, 5.74) is 0. The lowest BCUT2D eigenvalue weighted by molar-refractivity contribution is -0.305. The first kappa shape index (κ1) is 49.2. The predicted octanol–water partition coefficient (Wildman–Crippen LogP) is 8.40. The summed E-state index contributed by atoms with van der Waals surface area (Å²) < 4.78 is 27.0. The van der Waals surface area contributed by atoms with Crippen LogP contribution in [0.15, 0.2) is 0 Å². The van der Waals surface area contributed by atoms with Crippen molar-refractivity contribution in [3.63, 3.8) is 0 Å². The molecule has 1 rings (SSSR count). The average Bonchev–Trinajstić information content (AvgIpc) is 3.15. The minimum Gasteiger partial charge on any atom is -0.465 e. The van der Waals surface area contributed by atoms with Crippen molar-refractivity contribution < 1.29 is 53.4 Å². The van der Waals surface area contributed by atoms with E-state index in [-0.39, 0.29) is 45.1 Å². The van der Waals surface area contributed by atoms with E-state index in [0.717, 1.165) is 38.5 Å². The van der Waals surface area contributed by atoms with Gasteiger partial charge in [0.05, 0.1) is 6.61 Å². The molecular formula is C42H78O11. The Morgan fingerprint density at radius 2 is 0.981 bits per heavy atom. The third kappa shape index (κ3) is 26.6. The second-order valence-electron chi connectivity index (χ2n) is 15.1. The Bertz CT molecular complexity index is 872. The fraction of sp³-hybridized carbons (Fsp3) is 0.929. The van der Waals surface area contributed by atoms with E-state index >= 15 is 0 Å². The molecule has 3 N–H and O–H groups in total. The van der Waals surface area contributed by atoms with Gasteiger partial charge in [-0.1, -0.05) is 168 Å². The number of esters is 2. The van der Waals surface area contributed by atoms with Crippen molar-refractivity contribution in [2.75, 3.05) is 19.8 Å². The van der Waals surface area contributed by atoms with E-state index in [9.17, 15) is 29.7 Å². The maximum atomic E-state index is 12.8. The summed E-state index contributed by atoms with van der Waals surface area (Å²) in [5.74, 6) is -0.823. The van der Waals surface area contributed by atoms with Crippen LogP contribution in [0.3, 0.4) is 0 Å². The van der Waals surface area contributed by atoms with Gasteiger partial charge in [-0.2, -0.15) is 0 Å². The van der Waals surface area contributed by atoms with Gasteiger partial charge in [0, 0.05) is 12.8 Å². The Hall–Kier alpha value is -1.79. The third-order valence-electron chi connectivity index (χ3n) is 10.1. The number of carbonyl (C=O) groups excluding carboxylic acids is 3. The Morgan fingerprint density at radius 3 is 1.42 bits per heavy atom. The van der Waals surface area contributed by atoms with Gasteiger partial charge < -0.3 is 39.0 Å². The van der Waals surface area contributed by atoms with Crippen LogP contribution in [0.4, 0.5) is 0 Å². The number of unbranched alkanes of at least 4 members (excludes halogenated alkanes) is 24. The number of rotatable bonds is 37. The molecule has 1 saturated heterocycles. The van der Waals surface area contributed by atoms with Crippen LogP contribution >= 0.6 is 0 Å². The van der Waals surface area contributed by atoms with Gasteiger partial charge in [0.25, 0.3) is 6.47 Å². The molecule has 11 nitrogen and oxygen atoms in total. The van der Waals surface area contributed by atoms with Crippen LogP contribution in [-0.4, -0.2) is 90.4 Å². The molecule has 0 amide bonds. The van der Waals surface area contributed by atoms with Gasteiger partial charge in [0.2, 0.25) is 0 Å². The van der Waals surface area contributed by atoms with Crippen molar-refractivity contribution in [2.45, 2.75) is 230 Å². The zero-order chi connectivity index (χ0) is 38.8. The molecule has 11 heteroatoms. The average molecular weight is 759 g/mol.